The highest BCUT2D eigenvalue weighted by molar-refractivity contribution is 5.88. The largest absolute Gasteiger partial charge is 0.349 e. The van der Waals surface area contributed by atoms with Crippen LogP contribution >= 0.6 is 0 Å². The van der Waals surface area contributed by atoms with Crippen molar-refractivity contribution in [2.24, 2.45) is 23.7 Å². The maximum Gasteiger partial charge on any atom is 0.223 e. The van der Waals surface area contributed by atoms with Crippen molar-refractivity contribution in [3.63, 3.8) is 0 Å². The second-order valence-corrected chi connectivity index (χ2v) is 8.48. The topological polar surface area (TPSA) is 46.2 Å². The molecule has 0 spiro atoms. The van der Waals surface area contributed by atoms with Gasteiger partial charge in [-0.1, -0.05) is 31.4 Å². The molecule has 1 N–H and O–H groups in total. The van der Waals surface area contributed by atoms with Gasteiger partial charge in [-0.05, 0) is 62.1 Å². The number of carbonyl (C=O) groups is 2. The molecule has 0 aliphatic heterocycles. The van der Waals surface area contributed by atoms with E-state index in [0.29, 0.717) is 24.5 Å². The highest BCUT2D eigenvalue weighted by Crippen LogP contribution is 2.41. The molecule has 0 heterocycles. The molecule has 1 aromatic carbocycles. The van der Waals surface area contributed by atoms with E-state index in [-0.39, 0.29) is 35.5 Å². The summed E-state index contributed by atoms with van der Waals surface area (Å²) in [6.07, 6.45) is 9.04. The van der Waals surface area contributed by atoms with Gasteiger partial charge in [0.05, 0.1) is 6.04 Å². The Labute approximate surface area is 154 Å². The first kappa shape index (κ1) is 17.7. The predicted molar refractivity (Wildman–Crippen MR) is 97.8 cm³/mol. The van der Waals surface area contributed by atoms with Crippen LogP contribution in [-0.2, 0) is 9.59 Å². The lowest BCUT2D eigenvalue weighted by molar-refractivity contribution is -0.138. The Balaban J connectivity index is 1.49. The highest BCUT2D eigenvalue weighted by atomic mass is 19.1. The van der Waals surface area contributed by atoms with Gasteiger partial charge in [-0.15, -0.1) is 0 Å². The van der Waals surface area contributed by atoms with E-state index in [1.54, 1.807) is 12.1 Å². The molecule has 4 heteroatoms. The van der Waals surface area contributed by atoms with Crippen LogP contribution in [0.4, 0.5) is 4.39 Å². The fourth-order valence-electron chi connectivity index (χ4n) is 5.40. The number of fused-ring (bicyclic) bond motifs is 2. The zero-order valence-electron chi connectivity index (χ0n) is 15.3. The van der Waals surface area contributed by atoms with Crippen LogP contribution in [0.25, 0.3) is 0 Å². The lowest BCUT2D eigenvalue weighted by Crippen LogP contribution is -2.44. The summed E-state index contributed by atoms with van der Waals surface area (Å²) >= 11 is 0. The molecule has 2 bridgehead atoms. The summed E-state index contributed by atoms with van der Waals surface area (Å²) in [7, 11) is 0. The lowest BCUT2D eigenvalue weighted by atomic mass is 9.67. The second-order valence-electron chi connectivity index (χ2n) is 8.48. The van der Waals surface area contributed by atoms with E-state index in [1.807, 2.05) is 0 Å². The third kappa shape index (κ3) is 3.56. The van der Waals surface area contributed by atoms with Crippen molar-refractivity contribution in [1.29, 1.82) is 0 Å². The first-order valence-corrected chi connectivity index (χ1v) is 10.2. The van der Waals surface area contributed by atoms with Crippen LogP contribution < -0.4 is 5.32 Å². The van der Waals surface area contributed by atoms with Crippen LogP contribution in [0.3, 0.4) is 0 Å². The van der Waals surface area contributed by atoms with Crippen LogP contribution in [-0.4, -0.2) is 11.7 Å². The quantitative estimate of drug-likeness (QED) is 0.858. The van der Waals surface area contributed by atoms with Crippen LogP contribution in [0.1, 0.15) is 69.4 Å². The smallest absolute Gasteiger partial charge is 0.223 e. The highest BCUT2D eigenvalue weighted by Gasteiger charge is 2.42. The molecule has 0 radical (unpaired) electrons. The van der Waals surface area contributed by atoms with Gasteiger partial charge in [0.1, 0.15) is 11.6 Å². The number of nitrogens with one attached hydrogen (secondary N) is 1. The molecule has 1 amide bonds. The van der Waals surface area contributed by atoms with Crippen molar-refractivity contribution in [2.75, 3.05) is 0 Å². The maximum atomic E-state index is 13.3. The van der Waals surface area contributed by atoms with Crippen LogP contribution in [0.15, 0.2) is 24.3 Å². The third-order valence-corrected chi connectivity index (χ3v) is 6.82. The maximum absolute atomic E-state index is 13.3. The number of hydrogen-bond donors (Lipinski definition) is 1. The summed E-state index contributed by atoms with van der Waals surface area (Å²) in [6.45, 7) is 0. The Hall–Kier alpha value is -1.71. The fraction of sp³-hybridized carbons (Fsp3) is 0.636. The summed E-state index contributed by atoms with van der Waals surface area (Å²) in [6, 6.07) is 6.53. The van der Waals surface area contributed by atoms with Gasteiger partial charge >= 0.3 is 0 Å². The monoisotopic (exact) mass is 357 g/mol. The van der Waals surface area contributed by atoms with Gasteiger partial charge < -0.3 is 5.32 Å². The van der Waals surface area contributed by atoms with Gasteiger partial charge in [0, 0.05) is 17.8 Å². The standard InChI is InChI=1S/C22H28FNO2/c23-19-10-8-15(9-11-19)20(14-4-1-2-5-14)24-22(26)18-12-16-6-3-7-17(13-18)21(16)25/h8-11,14,16-18,20H,1-7,12-13H2,(H,24,26)/t16-,17+,18?,20-/m1/s1. The molecule has 3 fully saturated rings. The predicted octanol–water partition coefficient (Wildman–Crippen LogP) is 4.57. The minimum absolute atomic E-state index is 0.0388. The SMILES string of the molecule is O=C(N[C@@H](c1ccc(F)cc1)C1CCCC1)C1C[C@H]2CCC[C@@H](C1)C2=O. The van der Waals surface area contributed by atoms with Crippen molar-refractivity contribution in [1.82, 2.24) is 5.32 Å². The zero-order chi connectivity index (χ0) is 18.1. The number of amides is 1. The molecule has 4 atom stereocenters. The summed E-state index contributed by atoms with van der Waals surface area (Å²) in [5.74, 6) is 0.801. The molecule has 0 saturated heterocycles. The summed E-state index contributed by atoms with van der Waals surface area (Å²) in [5, 5.41) is 3.30. The molecule has 3 saturated carbocycles. The number of ketones is 1. The van der Waals surface area contributed by atoms with E-state index in [0.717, 1.165) is 37.7 Å². The molecule has 140 valence electrons. The minimum atomic E-state index is -0.246. The molecular formula is C22H28FNO2. The van der Waals surface area contributed by atoms with Crippen molar-refractivity contribution in [2.45, 2.75) is 63.8 Å². The number of benzene rings is 1. The molecule has 26 heavy (non-hydrogen) atoms. The molecule has 3 nitrogen and oxygen atoms in total. The van der Waals surface area contributed by atoms with Gasteiger partial charge in [-0.25, -0.2) is 4.39 Å². The number of carbonyl (C=O) groups excluding carboxylic acids is 2. The molecule has 1 aromatic rings. The normalized spacial score (nSPS) is 30.2. The summed E-state index contributed by atoms with van der Waals surface area (Å²) < 4.78 is 13.3. The Kier molecular flexibility index (Phi) is 5.10. The van der Waals surface area contributed by atoms with Gasteiger partial charge in [0.15, 0.2) is 0 Å². The van der Waals surface area contributed by atoms with E-state index in [4.69, 9.17) is 0 Å². The van der Waals surface area contributed by atoms with Crippen LogP contribution in [0.2, 0.25) is 0 Å². The number of hydrogen-bond acceptors (Lipinski definition) is 2. The molecule has 3 aliphatic carbocycles. The first-order valence-electron chi connectivity index (χ1n) is 10.2. The minimum Gasteiger partial charge on any atom is -0.349 e. The Morgan fingerprint density at radius 2 is 1.58 bits per heavy atom. The van der Waals surface area contributed by atoms with E-state index in [9.17, 15) is 14.0 Å². The average Bonchev–Trinajstić information content (AvgIpc) is 3.14. The number of halogens is 1. The van der Waals surface area contributed by atoms with Crippen molar-refractivity contribution >= 4 is 11.7 Å². The van der Waals surface area contributed by atoms with Gasteiger partial charge in [0.2, 0.25) is 5.91 Å². The second kappa shape index (κ2) is 7.50. The van der Waals surface area contributed by atoms with E-state index >= 15 is 0 Å². The molecule has 3 aliphatic rings. The summed E-state index contributed by atoms with van der Waals surface area (Å²) in [5.41, 5.74) is 0.999. The lowest BCUT2D eigenvalue weighted by Gasteiger charge is -2.38. The molecule has 1 unspecified atom stereocenters. The van der Waals surface area contributed by atoms with E-state index in [1.165, 1.54) is 25.0 Å². The first-order chi connectivity index (χ1) is 12.6. The van der Waals surface area contributed by atoms with Gasteiger partial charge in [-0.3, -0.25) is 9.59 Å². The third-order valence-electron chi connectivity index (χ3n) is 6.82. The molecule has 4 rings (SSSR count). The van der Waals surface area contributed by atoms with Crippen molar-refractivity contribution < 1.29 is 14.0 Å². The number of rotatable bonds is 4. The summed E-state index contributed by atoms with van der Waals surface area (Å²) in [4.78, 5) is 25.3. The zero-order valence-corrected chi connectivity index (χ0v) is 15.3. The Morgan fingerprint density at radius 3 is 2.19 bits per heavy atom. The van der Waals surface area contributed by atoms with E-state index in [2.05, 4.69) is 5.32 Å². The number of Topliss-reactive ketones (excluding diaryl/α,β-unsaturated/α-hetero) is 1. The average molecular weight is 357 g/mol. The van der Waals surface area contributed by atoms with E-state index < -0.39 is 0 Å². The van der Waals surface area contributed by atoms with Crippen molar-refractivity contribution in [3.8, 4) is 0 Å². The van der Waals surface area contributed by atoms with Gasteiger partial charge in [0.25, 0.3) is 0 Å². The molecule has 0 aromatic heterocycles. The molecular weight excluding hydrogens is 329 g/mol. The Bertz CT molecular complexity index is 649. The van der Waals surface area contributed by atoms with Gasteiger partial charge in [-0.2, -0.15) is 0 Å². The van der Waals surface area contributed by atoms with Crippen molar-refractivity contribution in [3.05, 3.63) is 35.6 Å². The van der Waals surface area contributed by atoms with Crippen LogP contribution in [0.5, 0.6) is 0 Å². The van der Waals surface area contributed by atoms with Crippen LogP contribution in [0, 0.1) is 29.5 Å². The Morgan fingerprint density at radius 1 is 0.962 bits per heavy atom. The fourth-order valence-corrected chi connectivity index (χ4v) is 5.40.